The van der Waals surface area contributed by atoms with Crippen LogP contribution >= 0.6 is 0 Å². The van der Waals surface area contributed by atoms with Gasteiger partial charge in [0.1, 0.15) is 11.3 Å². The molecular weight excluding hydrogens is 272 g/mol. The fourth-order valence-electron chi connectivity index (χ4n) is 2.75. The van der Waals surface area contributed by atoms with Crippen LogP contribution in [0.1, 0.15) is 30.9 Å². The predicted octanol–water partition coefficient (Wildman–Crippen LogP) is 2.52. The topological polar surface area (TPSA) is 76.7 Å². The first-order valence-electron chi connectivity index (χ1n) is 7.04. The van der Waals surface area contributed by atoms with Gasteiger partial charge in [-0.15, -0.1) is 0 Å². The summed E-state index contributed by atoms with van der Waals surface area (Å²) < 4.78 is 10.7. The van der Waals surface area contributed by atoms with Crippen molar-refractivity contribution < 1.29 is 19.1 Å². The molecule has 0 bridgehead atoms. The minimum absolute atomic E-state index is 0.291. The molecule has 1 aromatic heterocycles. The van der Waals surface area contributed by atoms with Crippen LogP contribution in [0.3, 0.4) is 0 Å². The van der Waals surface area contributed by atoms with Crippen LogP contribution in [0.5, 0.6) is 5.75 Å². The van der Waals surface area contributed by atoms with Gasteiger partial charge in [-0.25, -0.2) is 9.59 Å². The molecule has 0 saturated heterocycles. The molecule has 1 unspecified atom stereocenters. The van der Waals surface area contributed by atoms with Gasteiger partial charge in [-0.1, -0.05) is 0 Å². The van der Waals surface area contributed by atoms with Crippen LogP contribution in [0.25, 0.3) is 11.0 Å². The van der Waals surface area contributed by atoms with Crippen molar-refractivity contribution in [2.45, 2.75) is 38.7 Å². The Balaban J connectivity index is 2.07. The van der Waals surface area contributed by atoms with Gasteiger partial charge in [0.25, 0.3) is 0 Å². The summed E-state index contributed by atoms with van der Waals surface area (Å²) in [6, 6.07) is 5.15. The Morgan fingerprint density at radius 2 is 2.00 bits per heavy atom. The number of rotatable bonds is 3. The largest absolute Gasteiger partial charge is 0.479 e. The lowest BCUT2D eigenvalue weighted by atomic mass is 9.91. The second-order valence-electron chi connectivity index (χ2n) is 5.31. The number of hydrogen-bond acceptors (Lipinski definition) is 4. The van der Waals surface area contributed by atoms with E-state index in [0.29, 0.717) is 11.3 Å². The molecule has 0 radical (unpaired) electrons. The Bertz CT molecular complexity index is 759. The molecule has 1 heterocycles. The number of carboxylic acid groups (broad SMARTS) is 1. The van der Waals surface area contributed by atoms with E-state index in [4.69, 9.17) is 14.3 Å². The third-order valence-corrected chi connectivity index (χ3v) is 3.86. The number of ether oxygens (including phenoxy) is 1. The van der Waals surface area contributed by atoms with Crippen LogP contribution in [0.4, 0.5) is 0 Å². The fourth-order valence-corrected chi connectivity index (χ4v) is 2.75. The van der Waals surface area contributed by atoms with E-state index >= 15 is 0 Å². The van der Waals surface area contributed by atoms with Crippen LogP contribution in [-0.2, 0) is 17.6 Å². The zero-order valence-electron chi connectivity index (χ0n) is 11.7. The third kappa shape index (κ3) is 2.51. The minimum atomic E-state index is -1.04. The summed E-state index contributed by atoms with van der Waals surface area (Å²) in [5.74, 6) is -0.654. The fraction of sp³-hybridized carbons (Fsp3) is 0.375. The van der Waals surface area contributed by atoms with Crippen molar-refractivity contribution in [2.24, 2.45) is 0 Å². The summed E-state index contributed by atoms with van der Waals surface area (Å²) in [6.07, 6.45) is 2.78. The summed E-state index contributed by atoms with van der Waals surface area (Å²) in [7, 11) is 0. The highest BCUT2D eigenvalue weighted by Gasteiger charge is 2.19. The van der Waals surface area contributed by atoms with Gasteiger partial charge in [-0.05, 0) is 50.3 Å². The first-order chi connectivity index (χ1) is 10.1. The van der Waals surface area contributed by atoms with Crippen molar-refractivity contribution in [1.82, 2.24) is 0 Å². The molecular formula is C16H16O5. The average molecular weight is 288 g/mol. The normalized spacial score (nSPS) is 15.5. The summed E-state index contributed by atoms with van der Waals surface area (Å²) in [5.41, 5.74) is 2.00. The van der Waals surface area contributed by atoms with E-state index in [1.165, 1.54) is 6.92 Å². The molecule has 2 aromatic rings. The molecule has 1 atom stereocenters. The second-order valence-corrected chi connectivity index (χ2v) is 5.31. The number of fused-ring (bicyclic) bond motifs is 3. The van der Waals surface area contributed by atoms with Gasteiger partial charge >= 0.3 is 11.6 Å². The predicted molar refractivity (Wildman–Crippen MR) is 76.9 cm³/mol. The average Bonchev–Trinajstić information content (AvgIpc) is 2.47. The number of aliphatic carboxylic acids is 1. The molecule has 21 heavy (non-hydrogen) atoms. The molecule has 0 amide bonds. The smallest absolute Gasteiger partial charge is 0.344 e. The monoisotopic (exact) mass is 288 g/mol. The lowest BCUT2D eigenvalue weighted by molar-refractivity contribution is -0.144. The summed E-state index contributed by atoms with van der Waals surface area (Å²) in [4.78, 5) is 22.8. The highest BCUT2D eigenvalue weighted by atomic mass is 16.5. The Hall–Kier alpha value is -2.30. The molecule has 0 fully saturated rings. The SMILES string of the molecule is CC(Oc1ccc2c3c(c(=O)oc2c1)CCCC3)C(=O)O. The number of carboxylic acids is 1. The van der Waals surface area contributed by atoms with Crippen molar-refractivity contribution in [2.75, 3.05) is 0 Å². The number of carbonyl (C=O) groups is 1. The molecule has 0 aliphatic heterocycles. The number of aryl methyl sites for hydroxylation is 1. The molecule has 1 aromatic carbocycles. The standard InChI is InChI=1S/C16H16O5/c1-9(15(17)18)20-10-6-7-12-11-4-2-3-5-13(11)16(19)21-14(12)8-10/h6-9H,2-5H2,1H3,(H,17,18). The van der Waals surface area contributed by atoms with Gasteiger partial charge in [-0.3, -0.25) is 0 Å². The van der Waals surface area contributed by atoms with E-state index < -0.39 is 12.1 Å². The van der Waals surface area contributed by atoms with E-state index in [1.54, 1.807) is 12.1 Å². The Morgan fingerprint density at radius 1 is 1.29 bits per heavy atom. The molecule has 1 aliphatic carbocycles. The molecule has 5 heteroatoms. The maximum atomic E-state index is 12.0. The Kier molecular flexibility index (Phi) is 3.41. The molecule has 5 nitrogen and oxygen atoms in total. The van der Waals surface area contributed by atoms with E-state index in [0.717, 1.165) is 42.2 Å². The van der Waals surface area contributed by atoms with Crippen molar-refractivity contribution >= 4 is 16.9 Å². The molecule has 0 spiro atoms. The Labute approximate surface area is 121 Å². The van der Waals surface area contributed by atoms with Crippen LogP contribution in [0.15, 0.2) is 27.4 Å². The summed E-state index contributed by atoms with van der Waals surface area (Å²) >= 11 is 0. The third-order valence-electron chi connectivity index (χ3n) is 3.86. The van der Waals surface area contributed by atoms with Gasteiger partial charge in [0, 0.05) is 17.0 Å². The zero-order valence-corrected chi connectivity index (χ0v) is 11.7. The number of benzene rings is 1. The molecule has 3 rings (SSSR count). The summed E-state index contributed by atoms with van der Waals surface area (Å²) in [5, 5.41) is 9.78. The second kappa shape index (κ2) is 5.24. The highest BCUT2D eigenvalue weighted by Crippen LogP contribution is 2.29. The quantitative estimate of drug-likeness (QED) is 0.878. The minimum Gasteiger partial charge on any atom is -0.479 e. The zero-order chi connectivity index (χ0) is 15.0. The summed E-state index contributed by atoms with van der Waals surface area (Å²) in [6.45, 7) is 1.45. The van der Waals surface area contributed by atoms with Gasteiger partial charge in [0.2, 0.25) is 0 Å². The molecule has 0 saturated carbocycles. The van der Waals surface area contributed by atoms with Crippen molar-refractivity contribution in [1.29, 1.82) is 0 Å². The van der Waals surface area contributed by atoms with Crippen LogP contribution in [0.2, 0.25) is 0 Å². The van der Waals surface area contributed by atoms with Gasteiger partial charge in [0.15, 0.2) is 6.10 Å². The number of hydrogen-bond donors (Lipinski definition) is 1. The van der Waals surface area contributed by atoms with Gasteiger partial charge < -0.3 is 14.3 Å². The highest BCUT2D eigenvalue weighted by molar-refractivity contribution is 5.83. The van der Waals surface area contributed by atoms with Gasteiger partial charge in [0.05, 0.1) is 0 Å². The van der Waals surface area contributed by atoms with Gasteiger partial charge in [-0.2, -0.15) is 0 Å². The van der Waals surface area contributed by atoms with Crippen molar-refractivity contribution in [3.05, 3.63) is 39.7 Å². The van der Waals surface area contributed by atoms with Crippen LogP contribution in [0, 0.1) is 0 Å². The maximum Gasteiger partial charge on any atom is 0.344 e. The molecule has 110 valence electrons. The van der Waals surface area contributed by atoms with Crippen molar-refractivity contribution in [3.63, 3.8) is 0 Å². The van der Waals surface area contributed by atoms with E-state index in [2.05, 4.69) is 0 Å². The Morgan fingerprint density at radius 3 is 2.71 bits per heavy atom. The first-order valence-corrected chi connectivity index (χ1v) is 7.04. The lowest BCUT2D eigenvalue weighted by Gasteiger charge is -2.16. The van der Waals surface area contributed by atoms with E-state index in [-0.39, 0.29) is 5.63 Å². The van der Waals surface area contributed by atoms with Crippen LogP contribution < -0.4 is 10.4 Å². The van der Waals surface area contributed by atoms with Crippen LogP contribution in [-0.4, -0.2) is 17.2 Å². The molecule has 1 N–H and O–H groups in total. The van der Waals surface area contributed by atoms with E-state index in [1.807, 2.05) is 6.07 Å². The molecule has 1 aliphatic rings. The lowest BCUT2D eigenvalue weighted by Crippen LogP contribution is -2.22. The first kappa shape index (κ1) is 13.7. The maximum absolute atomic E-state index is 12.0. The van der Waals surface area contributed by atoms with Crippen molar-refractivity contribution in [3.8, 4) is 5.75 Å². The van der Waals surface area contributed by atoms with E-state index in [9.17, 15) is 9.59 Å².